The summed E-state index contributed by atoms with van der Waals surface area (Å²) in [6.07, 6.45) is 0. The minimum atomic E-state index is -0.106. The number of hydrogen-bond acceptors (Lipinski definition) is 4. The van der Waals surface area contributed by atoms with Crippen molar-refractivity contribution in [2.75, 3.05) is 6.79 Å². The van der Waals surface area contributed by atoms with Gasteiger partial charge in [-0.15, -0.1) is 0 Å². The van der Waals surface area contributed by atoms with Crippen LogP contribution in [0.25, 0.3) is 32.7 Å². The number of rotatable bonds is 2. The van der Waals surface area contributed by atoms with Crippen molar-refractivity contribution in [2.45, 2.75) is 0 Å². The Morgan fingerprint density at radius 3 is 2.88 bits per heavy atom. The Morgan fingerprint density at radius 1 is 1.04 bits per heavy atom. The van der Waals surface area contributed by atoms with Crippen LogP contribution >= 0.6 is 11.3 Å². The molecule has 2 aromatic carbocycles. The van der Waals surface area contributed by atoms with Gasteiger partial charge in [-0.2, -0.15) is 4.98 Å². The van der Waals surface area contributed by atoms with E-state index in [-0.39, 0.29) is 12.4 Å². The average Bonchev–Trinajstić information content (AvgIpc) is 3.29. The lowest BCUT2D eigenvalue weighted by atomic mass is 10.1. The molecule has 0 saturated heterocycles. The first kappa shape index (κ1) is 14.2. The van der Waals surface area contributed by atoms with E-state index in [9.17, 15) is 4.79 Å². The molecule has 0 saturated carbocycles. The zero-order chi connectivity index (χ0) is 16.8. The Bertz CT molecular complexity index is 1160. The van der Waals surface area contributed by atoms with E-state index in [4.69, 9.17) is 9.47 Å². The van der Waals surface area contributed by atoms with Crippen LogP contribution in [0.1, 0.15) is 0 Å². The summed E-state index contributed by atoms with van der Waals surface area (Å²) in [6, 6.07) is 15.5. The number of aromatic amines is 2. The van der Waals surface area contributed by atoms with E-state index < -0.39 is 0 Å². The highest BCUT2D eigenvalue weighted by Crippen LogP contribution is 2.36. The summed E-state index contributed by atoms with van der Waals surface area (Å²) in [4.78, 5) is 18.7. The quantitative estimate of drug-likeness (QED) is 0.603. The second kappa shape index (κ2) is 5.46. The van der Waals surface area contributed by atoms with Gasteiger partial charge in [-0.05, 0) is 35.7 Å². The lowest BCUT2D eigenvalue weighted by Crippen LogP contribution is -2.14. The van der Waals surface area contributed by atoms with Gasteiger partial charge in [0.25, 0.3) is 10.6 Å². The van der Waals surface area contributed by atoms with Crippen LogP contribution in [-0.2, 0) is 0 Å². The number of fused-ring (bicyclic) bond motifs is 2. The van der Waals surface area contributed by atoms with Crippen molar-refractivity contribution in [3.05, 3.63) is 64.3 Å². The standard InChI is InChI=1S/C19H12N2O3S/c22-18-13(7-11-3-1-2-4-14(11)20-18)15-9-25-19(21-15)12-5-6-16-17(8-12)24-10-23-16/h1-9H,10H2,(H,20,22)/p+1. The second-order valence-corrected chi connectivity index (χ2v) is 6.65. The maximum atomic E-state index is 12.4. The maximum Gasteiger partial charge on any atom is 0.267 e. The number of benzene rings is 2. The Kier molecular flexibility index (Phi) is 3.11. The molecule has 25 heavy (non-hydrogen) atoms. The molecule has 0 unspecified atom stereocenters. The topological polar surface area (TPSA) is 65.5 Å². The number of H-pyrrole nitrogens is 2. The van der Waals surface area contributed by atoms with Gasteiger partial charge in [0, 0.05) is 5.52 Å². The Morgan fingerprint density at radius 2 is 1.92 bits per heavy atom. The third-order valence-electron chi connectivity index (χ3n) is 4.22. The molecule has 2 N–H and O–H groups in total. The van der Waals surface area contributed by atoms with Crippen LogP contribution in [-0.4, -0.2) is 11.8 Å². The Balaban J connectivity index is 1.59. The van der Waals surface area contributed by atoms with E-state index in [0.717, 1.165) is 38.7 Å². The molecule has 0 bridgehead atoms. The van der Waals surface area contributed by atoms with Gasteiger partial charge in [-0.3, -0.25) is 4.79 Å². The van der Waals surface area contributed by atoms with Crippen molar-refractivity contribution < 1.29 is 14.5 Å². The molecule has 1 aliphatic heterocycles. The largest absolute Gasteiger partial charge is 0.454 e. The Labute approximate surface area is 146 Å². The van der Waals surface area contributed by atoms with Gasteiger partial charge >= 0.3 is 0 Å². The van der Waals surface area contributed by atoms with E-state index in [1.807, 2.05) is 53.9 Å². The summed E-state index contributed by atoms with van der Waals surface area (Å²) in [6.45, 7) is 0.255. The summed E-state index contributed by atoms with van der Waals surface area (Å²) in [5, 5.41) is 3.92. The van der Waals surface area contributed by atoms with E-state index in [1.165, 1.54) is 0 Å². The normalized spacial score (nSPS) is 12.6. The summed E-state index contributed by atoms with van der Waals surface area (Å²) in [7, 11) is 0. The molecule has 3 heterocycles. The molecule has 0 radical (unpaired) electrons. The smallest absolute Gasteiger partial charge is 0.267 e. The maximum absolute atomic E-state index is 12.4. The minimum absolute atomic E-state index is 0.106. The molecule has 0 spiro atoms. The van der Waals surface area contributed by atoms with Gasteiger partial charge in [0.05, 0.1) is 10.9 Å². The van der Waals surface area contributed by atoms with Crippen LogP contribution in [0, 0.1) is 0 Å². The van der Waals surface area contributed by atoms with Crippen molar-refractivity contribution in [2.24, 2.45) is 0 Å². The SMILES string of the molecule is O=c1[nH]c2ccccc2cc1-c1csc(-c2ccc3c(c2)OCO3)[nH+]1. The lowest BCUT2D eigenvalue weighted by Gasteiger charge is -1.98. The van der Waals surface area contributed by atoms with Gasteiger partial charge < -0.3 is 14.5 Å². The van der Waals surface area contributed by atoms with Gasteiger partial charge in [-0.1, -0.05) is 29.5 Å². The first-order chi connectivity index (χ1) is 12.3. The van der Waals surface area contributed by atoms with Crippen LogP contribution in [0.2, 0.25) is 0 Å². The van der Waals surface area contributed by atoms with Gasteiger partial charge in [0.2, 0.25) is 12.5 Å². The molecule has 6 heteroatoms. The monoisotopic (exact) mass is 349 g/mol. The van der Waals surface area contributed by atoms with Crippen LogP contribution < -0.4 is 20.0 Å². The lowest BCUT2D eigenvalue weighted by molar-refractivity contribution is -0.344. The molecule has 0 amide bonds. The molecular formula is C19H13N2O3S+. The summed E-state index contributed by atoms with van der Waals surface area (Å²) in [5.41, 5.74) is 3.15. The highest BCUT2D eigenvalue weighted by atomic mass is 32.1. The molecule has 0 atom stereocenters. The molecule has 1 aliphatic rings. The number of thiazole rings is 1. The number of nitrogens with one attached hydrogen (secondary N) is 2. The van der Waals surface area contributed by atoms with Gasteiger partial charge in [0.1, 0.15) is 5.56 Å². The Hall–Kier alpha value is -3.12. The number of ether oxygens (including phenoxy) is 2. The molecule has 0 fully saturated rings. The highest BCUT2D eigenvalue weighted by Gasteiger charge is 2.20. The molecule has 0 aliphatic carbocycles. The van der Waals surface area contributed by atoms with Crippen molar-refractivity contribution in [1.29, 1.82) is 0 Å². The minimum Gasteiger partial charge on any atom is -0.454 e. The highest BCUT2D eigenvalue weighted by molar-refractivity contribution is 7.12. The zero-order valence-corrected chi connectivity index (χ0v) is 13.9. The van der Waals surface area contributed by atoms with Crippen LogP contribution in [0.15, 0.2) is 58.7 Å². The number of hydrogen-bond donors (Lipinski definition) is 1. The van der Waals surface area contributed by atoms with Crippen LogP contribution in [0.5, 0.6) is 11.5 Å². The van der Waals surface area contributed by atoms with Gasteiger partial charge in [0.15, 0.2) is 11.5 Å². The third kappa shape index (κ3) is 2.38. The van der Waals surface area contributed by atoms with Crippen molar-refractivity contribution in [1.82, 2.24) is 4.98 Å². The molecule has 5 nitrogen and oxygen atoms in total. The van der Waals surface area contributed by atoms with Crippen molar-refractivity contribution in [3.63, 3.8) is 0 Å². The predicted molar refractivity (Wildman–Crippen MR) is 96.0 cm³/mol. The fraction of sp³-hybridized carbons (Fsp3) is 0.0526. The van der Waals surface area contributed by atoms with Crippen molar-refractivity contribution in [3.8, 4) is 33.3 Å². The molecular weight excluding hydrogens is 336 g/mol. The van der Waals surface area contributed by atoms with Crippen molar-refractivity contribution >= 4 is 22.2 Å². The summed E-state index contributed by atoms with van der Waals surface area (Å²) in [5.74, 6) is 1.50. The molecule has 5 rings (SSSR count). The molecule has 4 aromatic rings. The van der Waals surface area contributed by atoms with E-state index in [1.54, 1.807) is 11.3 Å². The van der Waals surface area contributed by atoms with E-state index in [0.29, 0.717) is 5.56 Å². The summed E-state index contributed by atoms with van der Waals surface area (Å²) < 4.78 is 10.8. The fourth-order valence-electron chi connectivity index (χ4n) is 2.96. The summed E-state index contributed by atoms with van der Waals surface area (Å²) >= 11 is 1.55. The van der Waals surface area contributed by atoms with E-state index >= 15 is 0 Å². The second-order valence-electron chi connectivity index (χ2n) is 5.77. The third-order valence-corrected chi connectivity index (χ3v) is 5.15. The molecule has 2 aromatic heterocycles. The average molecular weight is 349 g/mol. The fourth-order valence-corrected chi connectivity index (χ4v) is 3.81. The number of pyridine rings is 1. The first-order valence-corrected chi connectivity index (χ1v) is 8.69. The number of aromatic nitrogens is 2. The molecule has 122 valence electrons. The first-order valence-electron chi connectivity index (χ1n) is 7.81. The zero-order valence-electron chi connectivity index (χ0n) is 13.0. The van der Waals surface area contributed by atoms with Crippen LogP contribution in [0.3, 0.4) is 0 Å². The van der Waals surface area contributed by atoms with Crippen LogP contribution in [0.4, 0.5) is 0 Å². The number of para-hydroxylation sites is 1. The van der Waals surface area contributed by atoms with E-state index in [2.05, 4.69) is 9.97 Å². The van der Waals surface area contributed by atoms with Gasteiger partial charge in [-0.25, -0.2) is 0 Å². The predicted octanol–water partition coefficient (Wildman–Crippen LogP) is 3.47.